The van der Waals surface area contributed by atoms with E-state index in [1.54, 1.807) is 37.3 Å². The number of amides is 1. The van der Waals surface area contributed by atoms with E-state index < -0.39 is 0 Å². The van der Waals surface area contributed by atoms with Crippen LogP contribution in [0.5, 0.6) is 5.75 Å². The van der Waals surface area contributed by atoms with Gasteiger partial charge in [0.15, 0.2) is 0 Å². The Balaban J connectivity index is 2.17. The lowest BCUT2D eigenvalue weighted by Gasteiger charge is -2.42. The van der Waals surface area contributed by atoms with Crippen LogP contribution >= 0.6 is 11.6 Å². The van der Waals surface area contributed by atoms with Crippen LogP contribution in [0.2, 0.25) is 5.02 Å². The van der Waals surface area contributed by atoms with E-state index in [4.69, 9.17) is 21.1 Å². The summed E-state index contributed by atoms with van der Waals surface area (Å²) in [4.78, 5) is 14.6. The van der Waals surface area contributed by atoms with Crippen LogP contribution in [-0.4, -0.2) is 56.4 Å². The number of halogens is 1. The molecular weight excluding hydrogens is 318 g/mol. The normalized spacial score (nSPS) is 21.3. The van der Waals surface area contributed by atoms with Crippen LogP contribution in [0.3, 0.4) is 0 Å². The van der Waals surface area contributed by atoms with Crippen molar-refractivity contribution in [1.82, 2.24) is 4.90 Å². The van der Waals surface area contributed by atoms with Gasteiger partial charge in [0.25, 0.3) is 5.91 Å². The first kappa shape index (κ1) is 18.0. The highest BCUT2D eigenvalue weighted by atomic mass is 35.5. The molecule has 1 heterocycles. The van der Waals surface area contributed by atoms with Crippen LogP contribution < -0.4 is 4.74 Å². The van der Waals surface area contributed by atoms with Crippen LogP contribution in [0.4, 0.5) is 0 Å². The topological polar surface area (TPSA) is 59.0 Å². The standard InChI is InChI=1S/C17H24ClNO4/c1-22-7-5-17(12-20)4-3-6-19(11-17)16(21)13-8-14(18)10-15(9-13)23-2/h8-10,20H,3-7,11-12H2,1-2H3/t17-/m1/s1. The van der Waals surface area contributed by atoms with Gasteiger partial charge in [-0.25, -0.2) is 0 Å². The van der Waals surface area contributed by atoms with Crippen LogP contribution in [0.25, 0.3) is 0 Å². The lowest BCUT2D eigenvalue weighted by molar-refractivity contribution is 0.00897. The van der Waals surface area contributed by atoms with Crippen molar-refractivity contribution in [2.75, 3.05) is 40.5 Å². The highest BCUT2D eigenvalue weighted by Crippen LogP contribution is 2.34. The summed E-state index contributed by atoms with van der Waals surface area (Å²) in [5, 5.41) is 10.3. The van der Waals surface area contributed by atoms with E-state index in [2.05, 4.69) is 0 Å². The molecule has 23 heavy (non-hydrogen) atoms. The fraction of sp³-hybridized carbons (Fsp3) is 0.588. The summed E-state index contributed by atoms with van der Waals surface area (Å²) in [7, 11) is 3.19. The molecule has 1 aromatic carbocycles. The molecular formula is C17H24ClNO4. The van der Waals surface area contributed by atoms with Gasteiger partial charge in [0, 0.05) is 42.8 Å². The fourth-order valence-electron chi connectivity index (χ4n) is 3.10. The number of piperidine rings is 1. The van der Waals surface area contributed by atoms with Crippen molar-refractivity contribution in [3.8, 4) is 5.75 Å². The highest BCUT2D eigenvalue weighted by molar-refractivity contribution is 6.31. The molecule has 1 aliphatic heterocycles. The van der Waals surface area contributed by atoms with Crippen molar-refractivity contribution in [3.05, 3.63) is 28.8 Å². The number of likely N-dealkylation sites (tertiary alicyclic amines) is 1. The molecule has 1 amide bonds. The van der Waals surface area contributed by atoms with E-state index in [-0.39, 0.29) is 17.9 Å². The second-order valence-corrected chi connectivity index (χ2v) is 6.55. The van der Waals surface area contributed by atoms with Crippen LogP contribution in [0.1, 0.15) is 29.6 Å². The van der Waals surface area contributed by atoms with Gasteiger partial charge in [-0.15, -0.1) is 0 Å². The molecule has 0 bridgehead atoms. The Kier molecular flexibility index (Phi) is 6.27. The smallest absolute Gasteiger partial charge is 0.254 e. The first-order valence-electron chi connectivity index (χ1n) is 7.77. The lowest BCUT2D eigenvalue weighted by atomic mass is 9.78. The zero-order valence-electron chi connectivity index (χ0n) is 13.7. The van der Waals surface area contributed by atoms with Crippen molar-refractivity contribution in [1.29, 1.82) is 0 Å². The van der Waals surface area contributed by atoms with Gasteiger partial charge >= 0.3 is 0 Å². The molecule has 6 heteroatoms. The third-order valence-electron chi connectivity index (χ3n) is 4.47. The van der Waals surface area contributed by atoms with Crippen molar-refractivity contribution < 1.29 is 19.4 Å². The molecule has 1 aliphatic rings. The van der Waals surface area contributed by atoms with Crippen LogP contribution in [-0.2, 0) is 4.74 Å². The van der Waals surface area contributed by atoms with Gasteiger partial charge < -0.3 is 19.5 Å². The first-order chi connectivity index (χ1) is 11.0. The Morgan fingerprint density at radius 1 is 1.39 bits per heavy atom. The summed E-state index contributed by atoms with van der Waals surface area (Å²) in [5.41, 5.74) is 0.224. The average Bonchev–Trinajstić information content (AvgIpc) is 2.58. The van der Waals surface area contributed by atoms with Gasteiger partial charge in [0.1, 0.15) is 5.75 Å². The molecule has 0 unspecified atom stereocenters. The molecule has 0 spiro atoms. The number of benzene rings is 1. The summed E-state index contributed by atoms with van der Waals surface area (Å²) in [5.74, 6) is 0.478. The zero-order valence-corrected chi connectivity index (χ0v) is 14.4. The summed E-state index contributed by atoms with van der Waals surface area (Å²) in [6.45, 7) is 1.84. The number of aliphatic hydroxyl groups is 1. The summed E-state index contributed by atoms with van der Waals surface area (Å²) in [6, 6.07) is 5.01. The second kappa shape index (κ2) is 7.99. The summed E-state index contributed by atoms with van der Waals surface area (Å²) >= 11 is 6.06. The van der Waals surface area contributed by atoms with E-state index in [9.17, 15) is 9.90 Å². The Morgan fingerprint density at radius 3 is 2.83 bits per heavy atom. The molecule has 0 radical (unpaired) electrons. The number of aliphatic hydroxyl groups excluding tert-OH is 1. The lowest BCUT2D eigenvalue weighted by Crippen LogP contribution is -2.48. The number of carbonyl (C=O) groups is 1. The molecule has 1 saturated heterocycles. The second-order valence-electron chi connectivity index (χ2n) is 6.11. The maximum Gasteiger partial charge on any atom is 0.254 e. The number of hydrogen-bond acceptors (Lipinski definition) is 4. The van der Waals surface area contributed by atoms with Crippen molar-refractivity contribution in [2.45, 2.75) is 19.3 Å². The van der Waals surface area contributed by atoms with Gasteiger partial charge in [0.2, 0.25) is 0 Å². The van der Waals surface area contributed by atoms with E-state index in [0.29, 0.717) is 36.0 Å². The number of carbonyl (C=O) groups excluding carboxylic acids is 1. The third kappa shape index (κ3) is 4.37. The number of rotatable bonds is 6. The largest absolute Gasteiger partial charge is 0.497 e. The molecule has 5 nitrogen and oxygen atoms in total. The molecule has 0 aliphatic carbocycles. The van der Waals surface area contributed by atoms with Gasteiger partial charge in [-0.3, -0.25) is 4.79 Å². The van der Waals surface area contributed by atoms with Crippen molar-refractivity contribution in [2.24, 2.45) is 5.41 Å². The minimum Gasteiger partial charge on any atom is -0.497 e. The van der Waals surface area contributed by atoms with Gasteiger partial charge in [-0.05, 0) is 37.5 Å². The Bertz CT molecular complexity index is 551. The Labute approximate surface area is 142 Å². The SMILES string of the molecule is COCC[C@]1(CO)CCCN(C(=O)c2cc(Cl)cc(OC)c2)C1. The van der Waals surface area contributed by atoms with Crippen molar-refractivity contribution in [3.63, 3.8) is 0 Å². The molecule has 1 N–H and O–H groups in total. The van der Waals surface area contributed by atoms with E-state index in [1.807, 2.05) is 0 Å². The van der Waals surface area contributed by atoms with Gasteiger partial charge in [-0.1, -0.05) is 11.6 Å². The molecule has 1 aromatic rings. The number of nitrogens with zero attached hydrogens (tertiary/aromatic N) is 1. The summed E-state index contributed by atoms with van der Waals surface area (Å²) in [6.07, 6.45) is 2.51. The third-order valence-corrected chi connectivity index (χ3v) is 4.69. The Hall–Kier alpha value is -1.30. The fourth-order valence-corrected chi connectivity index (χ4v) is 3.32. The quantitative estimate of drug-likeness (QED) is 0.864. The van der Waals surface area contributed by atoms with E-state index in [0.717, 1.165) is 19.3 Å². The number of hydrogen-bond donors (Lipinski definition) is 1. The minimum atomic E-state index is -0.285. The van der Waals surface area contributed by atoms with Crippen LogP contribution in [0, 0.1) is 5.41 Å². The van der Waals surface area contributed by atoms with E-state index >= 15 is 0 Å². The van der Waals surface area contributed by atoms with Gasteiger partial charge in [0.05, 0.1) is 13.7 Å². The molecule has 0 aromatic heterocycles. The molecule has 2 rings (SSSR count). The number of ether oxygens (including phenoxy) is 2. The average molecular weight is 342 g/mol. The van der Waals surface area contributed by atoms with Gasteiger partial charge in [-0.2, -0.15) is 0 Å². The Morgan fingerprint density at radius 2 is 2.17 bits per heavy atom. The monoisotopic (exact) mass is 341 g/mol. The molecule has 1 fully saturated rings. The zero-order chi connectivity index (χ0) is 16.9. The van der Waals surface area contributed by atoms with E-state index in [1.165, 1.54) is 0 Å². The molecule has 1 atom stereocenters. The predicted molar refractivity (Wildman–Crippen MR) is 89.2 cm³/mol. The highest BCUT2D eigenvalue weighted by Gasteiger charge is 2.36. The minimum absolute atomic E-state index is 0.0546. The molecule has 128 valence electrons. The predicted octanol–water partition coefficient (Wildman–Crippen LogP) is 2.60. The van der Waals surface area contributed by atoms with Crippen LogP contribution in [0.15, 0.2) is 18.2 Å². The van der Waals surface area contributed by atoms with Crippen molar-refractivity contribution >= 4 is 17.5 Å². The maximum atomic E-state index is 12.8. The number of methoxy groups -OCH3 is 2. The maximum absolute atomic E-state index is 12.8. The summed E-state index contributed by atoms with van der Waals surface area (Å²) < 4.78 is 10.3. The first-order valence-corrected chi connectivity index (χ1v) is 8.15. The molecule has 0 saturated carbocycles.